The highest BCUT2D eigenvalue weighted by molar-refractivity contribution is 14.1. The summed E-state index contributed by atoms with van der Waals surface area (Å²) < 4.78 is 29.6. The molecule has 0 atom stereocenters. The van der Waals surface area contributed by atoms with Gasteiger partial charge in [0.15, 0.2) is 5.75 Å². The number of hydrogen-bond acceptors (Lipinski definition) is 3. The smallest absolute Gasteiger partial charge is 0.281 e. The van der Waals surface area contributed by atoms with Gasteiger partial charge in [-0.3, -0.25) is 4.98 Å². The third-order valence-corrected chi connectivity index (χ3v) is 2.61. The Balaban J connectivity index is 3.23. The van der Waals surface area contributed by atoms with E-state index in [1.807, 2.05) is 0 Å². The van der Waals surface area contributed by atoms with Crippen LogP contribution in [-0.4, -0.2) is 12.1 Å². The van der Waals surface area contributed by atoms with E-state index in [1.165, 1.54) is 13.3 Å². The van der Waals surface area contributed by atoms with Crippen molar-refractivity contribution in [3.8, 4) is 5.75 Å². The number of methoxy groups -OCH3 is 1. The lowest BCUT2D eigenvalue weighted by molar-refractivity contribution is 0.145. The van der Waals surface area contributed by atoms with E-state index in [0.717, 1.165) is 0 Å². The lowest BCUT2D eigenvalue weighted by Crippen LogP contribution is -2.02. The Morgan fingerprint density at radius 1 is 1.62 bits per heavy atom. The molecule has 0 saturated carbocycles. The van der Waals surface area contributed by atoms with Gasteiger partial charge in [0.05, 0.1) is 22.6 Å². The van der Waals surface area contributed by atoms with Crippen LogP contribution < -0.4 is 10.5 Å². The van der Waals surface area contributed by atoms with Crippen LogP contribution in [0.2, 0.25) is 0 Å². The molecule has 0 amide bonds. The molecule has 1 aromatic heterocycles. The van der Waals surface area contributed by atoms with Crippen molar-refractivity contribution in [1.82, 2.24) is 4.98 Å². The van der Waals surface area contributed by atoms with Gasteiger partial charge < -0.3 is 10.5 Å². The van der Waals surface area contributed by atoms with Crippen molar-refractivity contribution in [2.24, 2.45) is 0 Å². The van der Waals surface area contributed by atoms with Crippen molar-refractivity contribution in [1.29, 1.82) is 0 Å². The molecule has 0 aliphatic heterocycles. The van der Waals surface area contributed by atoms with Gasteiger partial charge in [0, 0.05) is 0 Å². The van der Waals surface area contributed by atoms with Crippen LogP contribution in [0.25, 0.3) is 0 Å². The van der Waals surface area contributed by atoms with Crippen molar-refractivity contribution < 1.29 is 13.5 Å². The van der Waals surface area contributed by atoms with Crippen LogP contribution in [-0.2, 0) is 0 Å². The van der Waals surface area contributed by atoms with E-state index < -0.39 is 6.43 Å². The summed E-state index contributed by atoms with van der Waals surface area (Å²) in [4.78, 5) is 3.55. The number of nitrogens with zero attached hydrogens (tertiary/aromatic N) is 1. The summed E-state index contributed by atoms with van der Waals surface area (Å²) in [6, 6.07) is 0. The molecule has 6 heteroatoms. The molecule has 0 bridgehead atoms. The van der Waals surface area contributed by atoms with Gasteiger partial charge in [0.25, 0.3) is 6.43 Å². The number of nitrogens with two attached hydrogens (primary N) is 1. The number of alkyl halides is 2. The van der Waals surface area contributed by atoms with Gasteiger partial charge in [-0.25, -0.2) is 8.78 Å². The van der Waals surface area contributed by atoms with E-state index in [9.17, 15) is 8.78 Å². The van der Waals surface area contributed by atoms with Crippen molar-refractivity contribution >= 4 is 28.3 Å². The van der Waals surface area contributed by atoms with Crippen LogP contribution in [0.5, 0.6) is 5.75 Å². The summed E-state index contributed by atoms with van der Waals surface area (Å²) in [5.74, 6) is 0.314. The largest absolute Gasteiger partial charge is 0.493 e. The Labute approximate surface area is 87.4 Å². The van der Waals surface area contributed by atoms with Crippen molar-refractivity contribution in [3.63, 3.8) is 0 Å². The molecule has 0 saturated heterocycles. The van der Waals surface area contributed by atoms with Gasteiger partial charge in [-0.15, -0.1) is 0 Å². The van der Waals surface area contributed by atoms with Crippen LogP contribution >= 0.6 is 22.6 Å². The average molecular weight is 300 g/mol. The fourth-order valence-electron chi connectivity index (χ4n) is 0.815. The van der Waals surface area contributed by atoms with Crippen LogP contribution in [0.1, 0.15) is 12.1 Å². The van der Waals surface area contributed by atoms with E-state index in [1.54, 1.807) is 22.6 Å². The predicted molar refractivity (Wildman–Crippen MR) is 52.9 cm³/mol. The minimum Gasteiger partial charge on any atom is -0.493 e. The molecular formula is C7H7F2IN2O. The maximum absolute atomic E-state index is 12.3. The lowest BCUT2D eigenvalue weighted by Gasteiger charge is -2.08. The first-order valence-corrected chi connectivity index (χ1v) is 4.41. The normalized spacial score (nSPS) is 10.5. The summed E-state index contributed by atoms with van der Waals surface area (Å²) in [5.41, 5.74) is 5.42. The van der Waals surface area contributed by atoms with Crippen LogP contribution in [0.3, 0.4) is 0 Å². The SMILES string of the molecule is COc1cnc(C(F)F)c(I)c1N. The molecule has 1 heterocycles. The number of ether oxygens (including phenoxy) is 1. The zero-order valence-electron chi connectivity index (χ0n) is 6.72. The van der Waals surface area contributed by atoms with E-state index >= 15 is 0 Å². The standard InChI is InChI=1S/C7H7F2IN2O/c1-13-3-2-12-6(7(8)9)4(10)5(3)11/h2,7H,1H3,(H2,11,12). The third kappa shape index (κ3) is 1.98. The van der Waals surface area contributed by atoms with Crippen LogP contribution in [0.4, 0.5) is 14.5 Å². The zero-order valence-corrected chi connectivity index (χ0v) is 8.88. The topological polar surface area (TPSA) is 48.1 Å². The summed E-state index contributed by atoms with van der Waals surface area (Å²) in [5, 5.41) is 0. The van der Waals surface area contributed by atoms with Gasteiger partial charge in [-0.2, -0.15) is 0 Å². The number of hydrogen-bond donors (Lipinski definition) is 1. The molecule has 0 aliphatic rings. The van der Waals surface area contributed by atoms with Crippen LogP contribution in [0, 0.1) is 3.57 Å². The highest BCUT2D eigenvalue weighted by Gasteiger charge is 2.17. The molecule has 2 N–H and O–H groups in total. The molecule has 0 unspecified atom stereocenters. The molecule has 1 rings (SSSR count). The van der Waals surface area contributed by atoms with Crippen LogP contribution in [0.15, 0.2) is 6.20 Å². The number of pyridine rings is 1. The van der Waals surface area contributed by atoms with E-state index in [2.05, 4.69) is 4.98 Å². The molecule has 1 aromatic rings. The number of halogens is 3. The molecule has 0 fully saturated rings. The fraction of sp³-hybridized carbons (Fsp3) is 0.286. The Hall–Kier alpha value is -0.660. The summed E-state index contributed by atoms with van der Waals surface area (Å²) >= 11 is 1.72. The zero-order chi connectivity index (χ0) is 10.0. The van der Waals surface area contributed by atoms with Gasteiger partial charge >= 0.3 is 0 Å². The number of aromatic nitrogens is 1. The third-order valence-electron chi connectivity index (χ3n) is 1.47. The molecule has 72 valence electrons. The maximum atomic E-state index is 12.3. The highest BCUT2D eigenvalue weighted by atomic mass is 127. The molecule has 0 aromatic carbocycles. The number of rotatable bonds is 2. The van der Waals surface area contributed by atoms with E-state index in [0.29, 0.717) is 5.75 Å². The second-order valence-corrected chi connectivity index (χ2v) is 3.32. The number of nitrogen functional groups attached to an aromatic ring is 1. The predicted octanol–water partition coefficient (Wildman–Crippen LogP) is 2.21. The Bertz CT molecular complexity index is 320. The van der Waals surface area contributed by atoms with Crippen molar-refractivity contribution in [2.45, 2.75) is 6.43 Å². The quantitative estimate of drug-likeness (QED) is 0.852. The maximum Gasteiger partial charge on any atom is 0.281 e. The highest BCUT2D eigenvalue weighted by Crippen LogP contribution is 2.31. The molecule has 3 nitrogen and oxygen atoms in total. The first-order valence-electron chi connectivity index (χ1n) is 3.34. The van der Waals surface area contributed by atoms with E-state index in [4.69, 9.17) is 10.5 Å². The Morgan fingerprint density at radius 3 is 2.69 bits per heavy atom. The van der Waals surface area contributed by atoms with Gasteiger partial charge in [-0.1, -0.05) is 0 Å². The fourth-order valence-corrected chi connectivity index (χ4v) is 1.46. The minimum atomic E-state index is -2.61. The summed E-state index contributed by atoms with van der Waals surface area (Å²) in [6.45, 7) is 0. The summed E-state index contributed by atoms with van der Waals surface area (Å²) in [7, 11) is 1.41. The monoisotopic (exact) mass is 300 g/mol. The number of anilines is 1. The second-order valence-electron chi connectivity index (χ2n) is 2.24. The summed E-state index contributed by atoms with van der Waals surface area (Å²) in [6.07, 6.45) is -1.42. The molecule has 13 heavy (non-hydrogen) atoms. The van der Waals surface area contributed by atoms with Crippen molar-refractivity contribution in [2.75, 3.05) is 12.8 Å². The average Bonchev–Trinajstić information content (AvgIpc) is 2.09. The van der Waals surface area contributed by atoms with Crippen molar-refractivity contribution in [3.05, 3.63) is 15.5 Å². The van der Waals surface area contributed by atoms with Gasteiger partial charge in [0.1, 0.15) is 5.69 Å². The molecular weight excluding hydrogens is 293 g/mol. The second kappa shape index (κ2) is 4.03. The van der Waals surface area contributed by atoms with Gasteiger partial charge in [0.2, 0.25) is 0 Å². The Kier molecular flexibility index (Phi) is 3.23. The van der Waals surface area contributed by atoms with Gasteiger partial charge in [-0.05, 0) is 22.6 Å². The first-order chi connectivity index (χ1) is 6.07. The van der Waals surface area contributed by atoms with E-state index in [-0.39, 0.29) is 15.0 Å². The first kappa shape index (κ1) is 10.4. The molecule has 0 radical (unpaired) electrons. The molecule has 0 aliphatic carbocycles. The Morgan fingerprint density at radius 2 is 2.23 bits per heavy atom. The lowest BCUT2D eigenvalue weighted by atomic mass is 10.3. The molecule has 0 spiro atoms. The minimum absolute atomic E-state index is 0.202.